The van der Waals surface area contributed by atoms with E-state index in [1.807, 2.05) is 0 Å². The second kappa shape index (κ2) is 7.53. The average Bonchev–Trinajstić information content (AvgIpc) is 2.75. The third-order valence-electron chi connectivity index (χ3n) is 3.91. The minimum atomic E-state index is -0.485. The molecule has 0 spiro atoms. The second-order valence-corrected chi connectivity index (χ2v) is 6.15. The monoisotopic (exact) mass is 375 g/mol. The first-order valence-electron chi connectivity index (χ1n) is 7.92. The molecule has 3 rings (SSSR count). The Morgan fingerprint density at radius 2 is 2.04 bits per heavy atom. The lowest BCUT2D eigenvalue weighted by molar-refractivity contribution is 0.0796. The van der Waals surface area contributed by atoms with Gasteiger partial charge in [0.05, 0.1) is 24.9 Å². The van der Waals surface area contributed by atoms with Gasteiger partial charge in [-0.2, -0.15) is 0 Å². The lowest BCUT2D eigenvalue weighted by atomic mass is 10.1. The van der Waals surface area contributed by atoms with E-state index in [-0.39, 0.29) is 5.91 Å². The topological polar surface area (TPSA) is 79.9 Å². The summed E-state index contributed by atoms with van der Waals surface area (Å²) in [6, 6.07) is 9.36. The summed E-state index contributed by atoms with van der Waals surface area (Å²) in [6.07, 6.45) is 0. The summed E-state index contributed by atoms with van der Waals surface area (Å²) in [6.45, 7) is 0.933. The average molecular weight is 376 g/mol. The number of carbonyl (C=O) groups excluding carboxylic acids is 2. The Hall–Kier alpha value is -2.93. The van der Waals surface area contributed by atoms with Crippen molar-refractivity contribution >= 4 is 34.9 Å². The SMILES string of the molecule is COc1ccc(Cl)cc1NC(=O)Nc1ccc2c(c1)C(=O)N(C)CCO2. The fraction of sp³-hybridized carbons (Fsp3) is 0.222. The van der Waals surface area contributed by atoms with E-state index < -0.39 is 6.03 Å². The van der Waals surface area contributed by atoms with Crippen LogP contribution in [0, 0.1) is 0 Å². The zero-order valence-corrected chi connectivity index (χ0v) is 15.1. The van der Waals surface area contributed by atoms with Crippen molar-refractivity contribution in [2.75, 3.05) is 37.9 Å². The van der Waals surface area contributed by atoms with Crippen molar-refractivity contribution in [1.82, 2.24) is 4.90 Å². The van der Waals surface area contributed by atoms with E-state index in [0.717, 1.165) is 0 Å². The number of carbonyl (C=O) groups is 2. The minimum Gasteiger partial charge on any atom is -0.495 e. The predicted octanol–water partition coefficient (Wildman–Crippen LogP) is 3.46. The number of methoxy groups -OCH3 is 1. The number of nitrogens with one attached hydrogen (secondary N) is 2. The van der Waals surface area contributed by atoms with Crippen molar-refractivity contribution < 1.29 is 19.1 Å². The first-order chi connectivity index (χ1) is 12.5. The number of halogens is 1. The highest BCUT2D eigenvalue weighted by molar-refractivity contribution is 6.31. The molecule has 0 saturated carbocycles. The van der Waals surface area contributed by atoms with Gasteiger partial charge in [-0.25, -0.2) is 4.79 Å². The van der Waals surface area contributed by atoms with Crippen LogP contribution in [-0.2, 0) is 0 Å². The Kier molecular flexibility index (Phi) is 5.18. The molecule has 0 atom stereocenters. The molecule has 1 aliphatic rings. The van der Waals surface area contributed by atoms with Gasteiger partial charge in [0.15, 0.2) is 0 Å². The number of likely N-dealkylation sites (N-methyl/N-ethyl adjacent to an activating group) is 1. The van der Waals surface area contributed by atoms with E-state index in [0.29, 0.717) is 46.6 Å². The summed E-state index contributed by atoms with van der Waals surface area (Å²) in [4.78, 5) is 26.2. The molecule has 0 saturated heterocycles. The second-order valence-electron chi connectivity index (χ2n) is 5.71. The molecule has 0 aliphatic carbocycles. The van der Waals surface area contributed by atoms with Gasteiger partial charge in [-0.15, -0.1) is 0 Å². The smallest absolute Gasteiger partial charge is 0.323 e. The van der Waals surface area contributed by atoms with Gasteiger partial charge in [0, 0.05) is 17.8 Å². The quantitative estimate of drug-likeness (QED) is 0.861. The largest absolute Gasteiger partial charge is 0.495 e. The fourth-order valence-electron chi connectivity index (χ4n) is 2.56. The molecule has 8 heteroatoms. The number of hydrogen-bond acceptors (Lipinski definition) is 4. The molecular weight excluding hydrogens is 358 g/mol. The normalized spacial score (nSPS) is 13.3. The summed E-state index contributed by atoms with van der Waals surface area (Å²) in [5, 5.41) is 5.84. The number of rotatable bonds is 3. The molecule has 0 bridgehead atoms. The summed E-state index contributed by atoms with van der Waals surface area (Å²) < 4.78 is 10.8. The Labute approximate surface area is 155 Å². The van der Waals surface area contributed by atoms with Crippen LogP contribution < -0.4 is 20.1 Å². The zero-order valence-electron chi connectivity index (χ0n) is 14.3. The molecule has 0 fully saturated rings. The molecule has 1 heterocycles. The van der Waals surface area contributed by atoms with Crippen LogP contribution in [0.1, 0.15) is 10.4 Å². The Bertz CT molecular complexity index is 856. The first kappa shape index (κ1) is 17.9. The maximum Gasteiger partial charge on any atom is 0.323 e. The van der Waals surface area contributed by atoms with Crippen LogP contribution in [0.2, 0.25) is 5.02 Å². The highest BCUT2D eigenvalue weighted by atomic mass is 35.5. The van der Waals surface area contributed by atoms with Crippen LogP contribution in [0.15, 0.2) is 36.4 Å². The number of nitrogens with zero attached hydrogens (tertiary/aromatic N) is 1. The first-order valence-corrected chi connectivity index (χ1v) is 8.29. The Morgan fingerprint density at radius 1 is 1.23 bits per heavy atom. The van der Waals surface area contributed by atoms with Crippen molar-refractivity contribution in [3.8, 4) is 11.5 Å². The highest BCUT2D eigenvalue weighted by Gasteiger charge is 2.21. The molecule has 3 amide bonds. The molecule has 26 heavy (non-hydrogen) atoms. The number of anilines is 2. The number of fused-ring (bicyclic) bond motifs is 1. The van der Waals surface area contributed by atoms with Gasteiger partial charge < -0.3 is 25.0 Å². The van der Waals surface area contributed by atoms with Crippen molar-refractivity contribution in [3.05, 3.63) is 47.0 Å². The van der Waals surface area contributed by atoms with Gasteiger partial charge >= 0.3 is 6.03 Å². The van der Waals surface area contributed by atoms with Gasteiger partial charge in [0.25, 0.3) is 5.91 Å². The van der Waals surface area contributed by atoms with Crippen LogP contribution in [-0.4, -0.2) is 44.1 Å². The number of amides is 3. The number of ether oxygens (including phenoxy) is 2. The van der Waals surface area contributed by atoms with Gasteiger partial charge in [0.2, 0.25) is 0 Å². The summed E-state index contributed by atoms with van der Waals surface area (Å²) in [7, 11) is 3.21. The van der Waals surface area contributed by atoms with Gasteiger partial charge in [-0.05, 0) is 36.4 Å². The van der Waals surface area contributed by atoms with E-state index in [4.69, 9.17) is 21.1 Å². The van der Waals surface area contributed by atoms with E-state index in [1.165, 1.54) is 7.11 Å². The van der Waals surface area contributed by atoms with Crippen molar-refractivity contribution in [2.45, 2.75) is 0 Å². The van der Waals surface area contributed by atoms with Crippen LogP contribution in [0.4, 0.5) is 16.2 Å². The Balaban J connectivity index is 1.77. The zero-order chi connectivity index (χ0) is 18.7. The number of benzene rings is 2. The standard InChI is InChI=1S/C18H18ClN3O4/c1-22-7-8-26-15-6-4-12(10-13(15)17(22)23)20-18(24)21-14-9-11(19)3-5-16(14)25-2/h3-6,9-10H,7-8H2,1-2H3,(H2,20,21,24). The minimum absolute atomic E-state index is 0.155. The third-order valence-corrected chi connectivity index (χ3v) is 4.14. The molecule has 0 aromatic heterocycles. The lowest BCUT2D eigenvalue weighted by Crippen LogP contribution is -2.28. The van der Waals surface area contributed by atoms with Gasteiger partial charge in [0.1, 0.15) is 18.1 Å². The Morgan fingerprint density at radius 3 is 2.81 bits per heavy atom. The van der Waals surface area contributed by atoms with E-state index in [2.05, 4.69) is 10.6 Å². The summed E-state index contributed by atoms with van der Waals surface area (Å²) >= 11 is 5.96. The molecule has 7 nitrogen and oxygen atoms in total. The van der Waals surface area contributed by atoms with E-state index in [9.17, 15) is 9.59 Å². The van der Waals surface area contributed by atoms with Gasteiger partial charge in [-0.1, -0.05) is 11.6 Å². The molecule has 1 aliphatic heterocycles. The molecule has 0 radical (unpaired) electrons. The van der Waals surface area contributed by atoms with E-state index >= 15 is 0 Å². The van der Waals surface area contributed by atoms with Crippen molar-refractivity contribution in [3.63, 3.8) is 0 Å². The third kappa shape index (κ3) is 3.83. The van der Waals surface area contributed by atoms with Crippen LogP contribution >= 0.6 is 11.6 Å². The number of hydrogen-bond donors (Lipinski definition) is 2. The molecule has 2 aromatic rings. The predicted molar refractivity (Wildman–Crippen MR) is 99.5 cm³/mol. The van der Waals surface area contributed by atoms with Crippen molar-refractivity contribution in [1.29, 1.82) is 0 Å². The van der Waals surface area contributed by atoms with Crippen LogP contribution in [0.3, 0.4) is 0 Å². The number of urea groups is 1. The highest BCUT2D eigenvalue weighted by Crippen LogP contribution is 2.29. The summed E-state index contributed by atoms with van der Waals surface area (Å²) in [5.41, 5.74) is 1.31. The summed E-state index contributed by atoms with van der Waals surface area (Å²) in [5.74, 6) is 0.830. The fourth-order valence-corrected chi connectivity index (χ4v) is 2.74. The van der Waals surface area contributed by atoms with Crippen LogP contribution in [0.25, 0.3) is 0 Å². The van der Waals surface area contributed by atoms with Crippen molar-refractivity contribution in [2.24, 2.45) is 0 Å². The molecule has 0 unspecified atom stereocenters. The van der Waals surface area contributed by atoms with E-state index in [1.54, 1.807) is 48.3 Å². The van der Waals surface area contributed by atoms with Gasteiger partial charge in [-0.3, -0.25) is 4.79 Å². The maximum absolute atomic E-state index is 12.4. The molecule has 136 valence electrons. The van der Waals surface area contributed by atoms with Crippen LogP contribution in [0.5, 0.6) is 11.5 Å². The molecule has 2 N–H and O–H groups in total. The molecular formula is C18H18ClN3O4. The molecule has 2 aromatic carbocycles. The lowest BCUT2D eigenvalue weighted by Gasteiger charge is -2.14. The maximum atomic E-state index is 12.4.